The fraction of sp³-hybridized carbons (Fsp3) is 0.400. The topological polar surface area (TPSA) is 84.4 Å². The number of aryl methyl sites for hydroxylation is 1. The molecule has 27 heavy (non-hydrogen) atoms. The van der Waals surface area contributed by atoms with E-state index in [0.29, 0.717) is 23.6 Å². The first kappa shape index (κ1) is 18.8. The zero-order valence-electron chi connectivity index (χ0n) is 15.6. The number of amides is 1. The highest BCUT2D eigenvalue weighted by Crippen LogP contribution is 2.21. The fourth-order valence-electron chi connectivity index (χ4n) is 3.14. The van der Waals surface area contributed by atoms with Crippen molar-refractivity contribution in [2.75, 3.05) is 31.6 Å². The minimum atomic E-state index is -0.410. The van der Waals surface area contributed by atoms with E-state index in [1.54, 1.807) is 24.3 Å². The van der Waals surface area contributed by atoms with Gasteiger partial charge in [0.25, 0.3) is 5.91 Å². The van der Waals surface area contributed by atoms with E-state index in [1.165, 1.54) is 7.11 Å². The van der Waals surface area contributed by atoms with E-state index < -0.39 is 5.97 Å². The fourth-order valence-corrected chi connectivity index (χ4v) is 3.14. The molecule has 1 N–H and O–H groups in total. The Balaban J connectivity index is 1.46. The zero-order chi connectivity index (χ0) is 19.2. The molecule has 1 aliphatic rings. The van der Waals surface area contributed by atoms with Crippen LogP contribution in [0, 0.1) is 12.8 Å². The SMILES string of the molecule is COC(=O)c1ccc(C(=O)NCC2CCN(c3ccc(C)nn3)CC2)cc1. The second-order valence-corrected chi connectivity index (χ2v) is 6.74. The van der Waals surface area contributed by atoms with Gasteiger partial charge in [-0.15, -0.1) is 5.10 Å². The molecular weight excluding hydrogens is 344 g/mol. The molecule has 7 heteroatoms. The molecule has 0 spiro atoms. The van der Waals surface area contributed by atoms with Crippen molar-refractivity contribution in [2.45, 2.75) is 19.8 Å². The Labute approximate surface area is 158 Å². The molecule has 1 amide bonds. The van der Waals surface area contributed by atoms with Crippen LogP contribution in [0.25, 0.3) is 0 Å². The highest BCUT2D eigenvalue weighted by atomic mass is 16.5. The molecule has 2 heterocycles. The van der Waals surface area contributed by atoms with Crippen molar-refractivity contribution < 1.29 is 14.3 Å². The summed E-state index contributed by atoms with van der Waals surface area (Å²) in [5.41, 5.74) is 1.88. The summed E-state index contributed by atoms with van der Waals surface area (Å²) in [7, 11) is 1.33. The lowest BCUT2D eigenvalue weighted by molar-refractivity contribution is 0.0600. The van der Waals surface area contributed by atoms with Crippen LogP contribution in [-0.4, -0.2) is 48.8 Å². The second-order valence-electron chi connectivity index (χ2n) is 6.74. The van der Waals surface area contributed by atoms with Gasteiger partial charge < -0.3 is 15.0 Å². The van der Waals surface area contributed by atoms with Crippen molar-refractivity contribution in [1.82, 2.24) is 15.5 Å². The van der Waals surface area contributed by atoms with E-state index in [-0.39, 0.29) is 5.91 Å². The van der Waals surface area contributed by atoms with Crippen LogP contribution in [0.15, 0.2) is 36.4 Å². The van der Waals surface area contributed by atoms with Crippen molar-refractivity contribution in [3.8, 4) is 0 Å². The summed E-state index contributed by atoms with van der Waals surface area (Å²) in [6.45, 7) is 4.39. The van der Waals surface area contributed by atoms with E-state index in [2.05, 4.69) is 25.2 Å². The van der Waals surface area contributed by atoms with E-state index >= 15 is 0 Å². The summed E-state index contributed by atoms with van der Waals surface area (Å²) in [5, 5.41) is 11.3. The number of hydrogen-bond donors (Lipinski definition) is 1. The van der Waals surface area contributed by atoms with Crippen molar-refractivity contribution in [1.29, 1.82) is 0 Å². The summed E-state index contributed by atoms with van der Waals surface area (Å²) in [5.74, 6) is 0.817. The van der Waals surface area contributed by atoms with Crippen LogP contribution in [0.1, 0.15) is 39.3 Å². The van der Waals surface area contributed by atoms with Crippen LogP contribution in [0.3, 0.4) is 0 Å². The maximum absolute atomic E-state index is 12.3. The smallest absolute Gasteiger partial charge is 0.337 e. The number of benzene rings is 1. The van der Waals surface area contributed by atoms with Gasteiger partial charge in [-0.05, 0) is 62.1 Å². The third kappa shape index (κ3) is 4.81. The first-order valence-corrected chi connectivity index (χ1v) is 9.08. The quantitative estimate of drug-likeness (QED) is 0.815. The minimum Gasteiger partial charge on any atom is -0.465 e. The van der Waals surface area contributed by atoms with Gasteiger partial charge in [-0.2, -0.15) is 5.10 Å². The predicted octanol–water partition coefficient (Wildman–Crippen LogP) is 2.22. The van der Waals surface area contributed by atoms with E-state index in [9.17, 15) is 9.59 Å². The number of nitrogens with zero attached hydrogens (tertiary/aromatic N) is 3. The largest absolute Gasteiger partial charge is 0.465 e. The van der Waals surface area contributed by atoms with Gasteiger partial charge in [0.2, 0.25) is 0 Å². The molecule has 0 radical (unpaired) electrons. The first-order valence-electron chi connectivity index (χ1n) is 9.08. The molecule has 1 aliphatic heterocycles. The number of nitrogens with one attached hydrogen (secondary N) is 1. The Morgan fingerprint density at radius 3 is 2.33 bits per heavy atom. The van der Waals surface area contributed by atoms with Crippen molar-refractivity contribution in [3.05, 3.63) is 53.2 Å². The van der Waals surface area contributed by atoms with Crippen LogP contribution in [0.2, 0.25) is 0 Å². The third-order valence-electron chi connectivity index (χ3n) is 4.84. The summed E-state index contributed by atoms with van der Waals surface area (Å²) < 4.78 is 4.66. The molecule has 0 bridgehead atoms. The van der Waals surface area contributed by atoms with Crippen molar-refractivity contribution in [2.24, 2.45) is 5.92 Å². The number of rotatable bonds is 5. The highest BCUT2D eigenvalue weighted by molar-refractivity contribution is 5.96. The standard InChI is InChI=1S/C20H24N4O3/c1-14-3-8-18(23-22-14)24-11-9-15(10-12-24)13-21-19(25)16-4-6-17(7-5-16)20(26)27-2/h3-8,15H,9-13H2,1-2H3,(H,21,25). The molecule has 0 unspecified atom stereocenters. The number of carbonyl (C=O) groups excluding carboxylic acids is 2. The van der Waals surface area contributed by atoms with Gasteiger partial charge in [0.1, 0.15) is 0 Å². The zero-order valence-corrected chi connectivity index (χ0v) is 15.6. The number of hydrogen-bond acceptors (Lipinski definition) is 6. The van der Waals surface area contributed by atoms with Crippen LogP contribution < -0.4 is 10.2 Å². The number of carbonyl (C=O) groups is 2. The number of aromatic nitrogens is 2. The van der Waals surface area contributed by atoms with Crippen LogP contribution in [0.5, 0.6) is 0 Å². The lowest BCUT2D eigenvalue weighted by atomic mass is 9.96. The molecule has 142 valence electrons. The molecule has 3 rings (SSSR count). The maximum Gasteiger partial charge on any atom is 0.337 e. The molecule has 0 atom stereocenters. The van der Waals surface area contributed by atoms with Gasteiger partial charge >= 0.3 is 5.97 Å². The lowest BCUT2D eigenvalue weighted by Gasteiger charge is -2.32. The van der Waals surface area contributed by atoms with Crippen LogP contribution in [0.4, 0.5) is 5.82 Å². The Bertz CT molecular complexity index is 782. The number of methoxy groups -OCH3 is 1. The Morgan fingerprint density at radius 1 is 1.07 bits per heavy atom. The summed E-state index contributed by atoms with van der Waals surface area (Å²) in [4.78, 5) is 26.0. The predicted molar refractivity (Wildman–Crippen MR) is 102 cm³/mol. The molecule has 7 nitrogen and oxygen atoms in total. The van der Waals surface area contributed by atoms with Gasteiger partial charge in [-0.1, -0.05) is 0 Å². The molecule has 0 aliphatic carbocycles. The molecule has 1 saturated heterocycles. The van der Waals surface area contributed by atoms with Gasteiger partial charge in [0.05, 0.1) is 18.4 Å². The Kier molecular flexibility index (Phi) is 6.01. The number of ether oxygens (including phenoxy) is 1. The van der Waals surface area contributed by atoms with Gasteiger partial charge in [-0.3, -0.25) is 4.79 Å². The average molecular weight is 368 g/mol. The Morgan fingerprint density at radius 2 is 1.74 bits per heavy atom. The first-order chi connectivity index (χ1) is 13.1. The monoisotopic (exact) mass is 368 g/mol. The van der Waals surface area contributed by atoms with Crippen molar-refractivity contribution in [3.63, 3.8) is 0 Å². The Hall–Kier alpha value is -2.96. The molecule has 0 saturated carbocycles. The highest BCUT2D eigenvalue weighted by Gasteiger charge is 2.21. The molecule has 1 fully saturated rings. The van der Waals surface area contributed by atoms with Gasteiger partial charge in [0.15, 0.2) is 5.82 Å². The van der Waals surface area contributed by atoms with E-state index in [1.807, 2.05) is 19.1 Å². The average Bonchev–Trinajstić information content (AvgIpc) is 2.72. The van der Waals surface area contributed by atoms with Crippen LogP contribution in [-0.2, 0) is 4.74 Å². The summed E-state index contributed by atoms with van der Waals surface area (Å²) in [6, 6.07) is 10.5. The van der Waals surface area contributed by atoms with Crippen LogP contribution >= 0.6 is 0 Å². The molecular formula is C20H24N4O3. The summed E-state index contributed by atoms with van der Waals surface area (Å²) >= 11 is 0. The second kappa shape index (κ2) is 8.62. The normalized spacial score (nSPS) is 14.7. The number of piperidine rings is 1. The molecule has 2 aromatic rings. The molecule has 1 aromatic carbocycles. The van der Waals surface area contributed by atoms with Gasteiger partial charge in [-0.25, -0.2) is 4.79 Å². The number of esters is 1. The summed E-state index contributed by atoms with van der Waals surface area (Å²) in [6.07, 6.45) is 1.99. The maximum atomic E-state index is 12.3. The molecule has 1 aromatic heterocycles. The third-order valence-corrected chi connectivity index (χ3v) is 4.84. The number of anilines is 1. The minimum absolute atomic E-state index is 0.127. The lowest BCUT2D eigenvalue weighted by Crippen LogP contribution is -2.39. The van der Waals surface area contributed by atoms with E-state index in [0.717, 1.165) is 37.4 Å². The van der Waals surface area contributed by atoms with Gasteiger partial charge in [0, 0.05) is 25.2 Å². The van der Waals surface area contributed by atoms with E-state index in [4.69, 9.17) is 0 Å². The van der Waals surface area contributed by atoms with Crippen molar-refractivity contribution >= 4 is 17.7 Å².